The van der Waals surface area contributed by atoms with Crippen LogP contribution in [0.1, 0.15) is 25.2 Å². The normalized spacial score (nSPS) is 14.6. The van der Waals surface area contributed by atoms with Crippen molar-refractivity contribution in [2.24, 2.45) is 0 Å². The van der Waals surface area contributed by atoms with Crippen LogP contribution in [0.15, 0.2) is 73.1 Å². The first kappa shape index (κ1) is 46.7. The Morgan fingerprint density at radius 2 is 0.950 bits per heavy atom. The molecule has 2 N–H and O–H groups in total. The highest BCUT2D eigenvalue weighted by Gasteiger charge is 2.19. The van der Waals surface area contributed by atoms with Crippen LogP contribution in [-0.4, -0.2) is 152 Å². The Morgan fingerprint density at radius 3 is 1.27 bits per heavy atom. The van der Waals surface area contributed by atoms with Crippen molar-refractivity contribution in [1.82, 2.24) is 39.2 Å². The Bertz CT molecular complexity index is 1920. The molecular weight excluding hydrogens is 796 g/mol. The van der Waals surface area contributed by atoms with Crippen molar-refractivity contribution in [3.05, 3.63) is 108 Å². The molecule has 20 heteroatoms. The number of carbonyl (C=O) groups excluding carboxylic acids is 2. The summed E-state index contributed by atoms with van der Waals surface area (Å²) >= 11 is 0. The van der Waals surface area contributed by atoms with Crippen molar-refractivity contribution in [3.63, 3.8) is 0 Å². The zero-order chi connectivity index (χ0) is 43.6. The minimum absolute atomic E-state index is 0.123. The molecule has 0 atom stereocenters. The van der Waals surface area contributed by atoms with Crippen LogP contribution in [-0.2, 0) is 41.9 Å². The van der Waals surface area contributed by atoms with Gasteiger partial charge in [-0.15, -0.1) is 0 Å². The maximum atomic E-state index is 13.3. The summed E-state index contributed by atoms with van der Waals surface area (Å²) in [4.78, 5) is 49.9. The molecular formula is C40H48F4N8O8. The SMILES string of the molecule is CC(=O)N1CCN(CCOCc2ccn(-c3ccc(F)c(F)c3)n2)CC1.CC(=O)N1CCN(CCOCc2ccn(-c3ccc(F)c(F)c3)n2)CC1.O=C(O)/C=C\C(=O)O. The lowest BCUT2D eigenvalue weighted by atomic mass is 10.3. The van der Waals surface area contributed by atoms with Gasteiger partial charge >= 0.3 is 11.9 Å². The molecule has 0 spiro atoms. The van der Waals surface area contributed by atoms with Crippen molar-refractivity contribution in [3.8, 4) is 11.4 Å². The number of rotatable bonds is 14. The third-order valence-electron chi connectivity index (χ3n) is 9.23. The summed E-state index contributed by atoms with van der Waals surface area (Å²) in [5.74, 6) is -5.83. The van der Waals surface area contributed by atoms with Crippen molar-refractivity contribution >= 4 is 23.8 Å². The number of aliphatic carboxylic acids is 2. The highest BCUT2D eigenvalue weighted by Crippen LogP contribution is 2.15. The first-order valence-electron chi connectivity index (χ1n) is 18.9. The molecule has 324 valence electrons. The number of hydrogen-bond acceptors (Lipinski definition) is 10. The fourth-order valence-electron chi connectivity index (χ4n) is 5.88. The van der Waals surface area contributed by atoms with Crippen molar-refractivity contribution in [2.75, 3.05) is 78.7 Å². The predicted molar refractivity (Wildman–Crippen MR) is 208 cm³/mol. The molecule has 2 aliphatic rings. The van der Waals surface area contributed by atoms with Crippen LogP contribution < -0.4 is 0 Å². The van der Waals surface area contributed by atoms with Crippen LogP contribution >= 0.6 is 0 Å². The maximum Gasteiger partial charge on any atom is 0.328 e. The Morgan fingerprint density at radius 1 is 0.583 bits per heavy atom. The molecule has 0 radical (unpaired) electrons. The van der Waals surface area contributed by atoms with Gasteiger partial charge in [-0.1, -0.05) is 0 Å². The molecule has 4 heterocycles. The summed E-state index contributed by atoms with van der Waals surface area (Å²) in [6, 6.07) is 10.9. The first-order valence-corrected chi connectivity index (χ1v) is 18.9. The van der Waals surface area contributed by atoms with Gasteiger partial charge in [0.15, 0.2) is 23.3 Å². The van der Waals surface area contributed by atoms with E-state index >= 15 is 0 Å². The second kappa shape index (κ2) is 23.6. The van der Waals surface area contributed by atoms with Crippen molar-refractivity contribution in [2.45, 2.75) is 27.1 Å². The molecule has 2 aliphatic heterocycles. The van der Waals surface area contributed by atoms with Gasteiger partial charge in [-0.3, -0.25) is 19.4 Å². The van der Waals surface area contributed by atoms with Crippen molar-refractivity contribution in [1.29, 1.82) is 0 Å². The maximum absolute atomic E-state index is 13.3. The van der Waals surface area contributed by atoms with E-state index in [4.69, 9.17) is 19.7 Å². The highest BCUT2D eigenvalue weighted by molar-refractivity contribution is 5.89. The number of benzene rings is 2. The standard InChI is InChI=1S/2C18H22F2N4O2.C4H4O4/c2*1-14(25)23-8-6-22(7-9-23)10-11-26-13-15-4-5-24(21-15)16-2-3-17(19)18(20)12-16;5-3(6)1-2-4(7)8/h2*2-5,12H,6-11,13H2,1H3;1-2H,(H,5,6)(H,7,8)/b;;2-1-. The van der Waals surface area contributed by atoms with E-state index in [1.165, 1.54) is 21.5 Å². The second-order valence-electron chi connectivity index (χ2n) is 13.5. The molecule has 0 aliphatic carbocycles. The molecule has 60 heavy (non-hydrogen) atoms. The lowest BCUT2D eigenvalue weighted by molar-refractivity contribution is -0.134. The largest absolute Gasteiger partial charge is 0.478 e. The van der Waals surface area contributed by atoms with Crippen LogP contribution in [0.2, 0.25) is 0 Å². The number of halogens is 4. The number of carboxylic acids is 2. The lowest BCUT2D eigenvalue weighted by Gasteiger charge is -2.34. The van der Waals surface area contributed by atoms with E-state index in [1.807, 2.05) is 9.80 Å². The monoisotopic (exact) mass is 844 g/mol. The Labute approximate surface area is 343 Å². The number of nitrogens with zero attached hydrogens (tertiary/aromatic N) is 8. The summed E-state index contributed by atoms with van der Waals surface area (Å²) in [5.41, 5.74) is 2.35. The third-order valence-corrected chi connectivity index (χ3v) is 9.23. The molecule has 0 saturated carbocycles. The van der Waals surface area contributed by atoms with Gasteiger partial charge in [0.1, 0.15) is 0 Å². The Balaban J connectivity index is 0.000000224. The van der Waals surface area contributed by atoms with Gasteiger partial charge in [0, 0.05) is 116 Å². The molecule has 2 amide bonds. The minimum Gasteiger partial charge on any atom is -0.478 e. The smallest absolute Gasteiger partial charge is 0.328 e. The fourth-order valence-corrected chi connectivity index (χ4v) is 5.88. The van der Waals surface area contributed by atoms with E-state index in [-0.39, 0.29) is 11.8 Å². The Kier molecular flexibility index (Phi) is 18.4. The van der Waals surface area contributed by atoms with Gasteiger partial charge in [-0.25, -0.2) is 36.5 Å². The number of piperazine rings is 2. The number of ether oxygens (including phenoxy) is 2. The van der Waals surface area contributed by atoms with E-state index in [9.17, 15) is 36.7 Å². The van der Waals surface area contributed by atoms with Crippen LogP contribution in [0.3, 0.4) is 0 Å². The second-order valence-corrected chi connectivity index (χ2v) is 13.5. The molecule has 0 unspecified atom stereocenters. The number of hydrogen-bond donors (Lipinski definition) is 2. The first-order chi connectivity index (χ1) is 28.7. The molecule has 0 bridgehead atoms. The van der Waals surface area contributed by atoms with Gasteiger partial charge in [0.25, 0.3) is 0 Å². The highest BCUT2D eigenvalue weighted by atomic mass is 19.2. The Hall–Kier alpha value is -5.96. The molecule has 2 aromatic carbocycles. The summed E-state index contributed by atoms with van der Waals surface area (Å²) in [5, 5.41) is 24.2. The van der Waals surface area contributed by atoms with E-state index < -0.39 is 35.2 Å². The van der Waals surface area contributed by atoms with Gasteiger partial charge < -0.3 is 29.5 Å². The molecule has 4 aromatic rings. The number of aromatic nitrogens is 4. The molecule has 6 rings (SSSR count). The predicted octanol–water partition coefficient (Wildman–Crippen LogP) is 3.37. The molecule has 16 nitrogen and oxygen atoms in total. The topological polar surface area (TPSA) is 176 Å². The van der Waals surface area contributed by atoms with Gasteiger partial charge in [0.05, 0.1) is 49.2 Å². The van der Waals surface area contributed by atoms with E-state index in [0.717, 1.165) is 101 Å². The zero-order valence-corrected chi connectivity index (χ0v) is 33.3. The van der Waals surface area contributed by atoms with Crippen LogP contribution in [0.5, 0.6) is 0 Å². The number of amides is 2. The van der Waals surface area contributed by atoms with E-state index in [1.54, 1.807) is 38.4 Å². The summed E-state index contributed by atoms with van der Waals surface area (Å²) in [6.07, 6.45) is 4.49. The molecule has 2 saturated heterocycles. The van der Waals surface area contributed by atoms with Gasteiger partial charge in [0.2, 0.25) is 11.8 Å². The van der Waals surface area contributed by atoms with Crippen LogP contribution in [0, 0.1) is 23.3 Å². The van der Waals surface area contributed by atoms with E-state index in [0.29, 0.717) is 50.0 Å². The fraction of sp³-hybridized carbons (Fsp3) is 0.400. The van der Waals surface area contributed by atoms with Crippen LogP contribution in [0.4, 0.5) is 17.6 Å². The van der Waals surface area contributed by atoms with Crippen LogP contribution in [0.25, 0.3) is 11.4 Å². The van der Waals surface area contributed by atoms with Crippen molar-refractivity contribution < 1.29 is 56.4 Å². The molecule has 2 aromatic heterocycles. The summed E-state index contributed by atoms with van der Waals surface area (Å²) < 4.78 is 66.9. The average molecular weight is 845 g/mol. The summed E-state index contributed by atoms with van der Waals surface area (Å²) in [7, 11) is 0. The number of carbonyl (C=O) groups is 4. The third kappa shape index (κ3) is 15.7. The zero-order valence-electron chi connectivity index (χ0n) is 33.3. The van der Waals surface area contributed by atoms with Gasteiger partial charge in [-0.05, 0) is 36.4 Å². The number of carboxylic acid groups (broad SMARTS) is 2. The minimum atomic E-state index is -1.26. The quantitative estimate of drug-likeness (QED) is 0.108. The van der Waals surface area contributed by atoms with E-state index in [2.05, 4.69) is 20.0 Å². The van der Waals surface area contributed by atoms with Gasteiger partial charge in [-0.2, -0.15) is 10.2 Å². The molecule has 2 fully saturated rings. The lowest BCUT2D eigenvalue weighted by Crippen LogP contribution is -2.48. The average Bonchev–Trinajstić information content (AvgIpc) is 3.91. The summed E-state index contributed by atoms with van der Waals surface area (Å²) in [6.45, 7) is 13.1.